The molecule has 198 valence electrons. The van der Waals surface area contributed by atoms with Crippen LogP contribution >= 0.6 is 0 Å². The van der Waals surface area contributed by atoms with E-state index in [4.69, 9.17) is 9.47 Å². The van der Waals surface area contributed by atoms with Gasteiger partial charge in [0.1, 0.15) is 36.5 Å². The third-order valence-corrected chi connectivity index (χ3v) is 8.44. The minimum atomic E-state index is -0.528. The van der Waals surface area contributed by atoms with Crippen molar-refractivity contribution in [3.05, 3.63) is 47.8 Å². The fraction of sp³-hybridized carbons (Fsp3) is 0.571. The van der Waals surface area contributed by atoms with Gasteiger partial charge in [0.25, 0.3) is 0 Å². The zero-order valence-corrected chi connectivity index (χ0v) is 21.7. The first kappa shape index (κ1) is 24.6. The Hall–Kier alpha value is -2.72. The van der Waals surface area contributed by atoms with Crippen LogP contribution in [0.5, 0.6) is 5.75 Å². The average molecular weight is 507 g/mol. The summed E-state index contributed by atoms with van der Waals surface area (Å²) in [6.07, 6.45) is 6.13. The predicted molar refractivity (Wildman–Crippen MR) is 144 cm³/mol. The van der Waals surface area contributed by atoms with Gasteiger partial charge in [-0.25, -0.2) is 9.97 Å². The van der Waals surface area contributed by atoms with Gasteiger partial charge in [-0.3, -0.25) is 9.80 Å². The molecule has 3 saturated heterocycles. The Morgan fingerprint density at radius 3 is 2.70 bits per heavy atom. The van der Waals surface area contributed by atoms with Gasteiger partial charge in [-0.15, -0.1) is 0 Å². The molecule has 4 aliphatic rings. The molecule has 2 atom stereocenters. The van der Waals surface area contributed by atoms with E-state index >= 15 is 0 Å². The number of likely N-dealkylation sites (tertiary alicyclic amines) is 2. The Labute approximate surface area is 219 Å². The van der Waals surface area contributed by atoms with Crippen LogP contribution in [0.15, 0.2) is 31.1 Å². The van der Waals surface area contributed by atoms with Gasteiger partial charge in [0.15, 0.2) is 0 Å². The Kier molecular flexibility index (Phi) is 7.03. The lowest BCUT2D eigenvalue weighted by Crippen LogP contribution is -2.43. The lowest BCUT2D eigenvalue weighted by atomic mass is 9.87. The average Bonchev–Trinajstić information content (AvgIpc) is 3.35. The molecule has 0 aliphatic carbocycles. The lowest BCUT2D eigenvalue weighted by Gasteiger charge is -2.36. The number of aliphatic hydroxyl groups is 1. The van der Waals surface area contributed by atoms with Crippen molar-refractivity contribution >= 4 is 17.3 Å². The van der Waals surface area contributed by atoms with E-state index in [9.17, 15) is 5.11 Å². The van der Waals surface area contributed by atoms with Crippen molar-refractivity contribution in [1.82, 2.24) is 19.8 Å². The van der Waals surface area contributed by atoms with Crippen LogP contribution in [-0.2, 0) is 11.3 Å². The quantitative estimate of drug-likeness (QED) is 0.595. The normalized spacial score (nSPS) is 23.9. The number of ether oxygens (including phenoxy) is 2. The summed E-state index contributed by atoms with van der Waals surface area (Å²) in [4.78, 5) is 16.2. The number of aryl methyl sites for hydroxylation is 1. The second-order valence-corrected chi connectivity index (χ2v) is 10.6. The number of nitrogens with one attached hydrogen (secondary N) is 1. The number of aromatic nitrogens is 2. The molecule has 0 saturated carbocycles. The zero-order chi connectivity index (χ0) is 25.4. The summed E-state index contributed by atoms with van der Waals surface area (Å²) < 4.78 is 11.9. The van der Waals surface area contributed by atoms with Crippen molar-refractivity contribution in [3.8, 4) is 5.75 Å². The topological polar surface area (TPSA) is 86.2 Å². The van der Waals surface area contributed by atoms with E-state index in [1.54, 1.807) is 12.4 Å². The Bertz CT molecular complexity index is 1130. The molecule has 0 spiro atoms. The molecule has 1 aromatic carbocycles. The molecule has 2 aromatic rings. The first-order valence-corrected chi connectivity index (χ1v) is 13.6. The van der Waals surface area contributed by atoms with E-state index in [1.807, 2.05) is 0 Å². The highest BCUT2D eigenvalue weighted by Gasteiger charge is 2.33. The number of piperidine rings is 1. The van der Waals surface area contributed by atoms with Gasteiger partial charge in [-0.1, -0.05) is 12.6 Å². The third-order valence-electron chi connectivity index (χ3n) is 8.44. The number of fused-ring (bicyclic) bond motifs is 2. The third kappa shape index (κ3) is 4.93. The lowest BCUT2D eigenvalue weighted by molar-refractivity contribution is 0.0516. The molecule has 5 heterocycles. The molecule has 6 rings (SSSR count). The minimum absolute atomic E-state index is 0.445. The number of morpholine rings is 1. The maximum atomic E-state index is 10.1. The molecule has 37 heavy (non-hydrogen) atoms. The summed E-state index contributed by atoms with van der Waals surface area (Å²) in [6.45, 7) is 13.4. The first-order valence-electron chi connectivity index (χ1n) is 13.6. The Balaban J connectivity index is 1.16. The van der Waals surface area contributed by atoms with Crippen molar-refractivity contribution in [3.63, 3.8) is 0 Å². The van der Waals surface area contributed by atoms with Gasteiger partial charge in [0.05, 0.1) is 24.5 Å². The second kappa shape index (κ2) is 10.6. The van der Waals surface area contributed by atoms with E-state index in [0.29, 0.717) is 31.8 Å². The number of aliphatic hydroxyl groups excluding tert-OH is 1. The maximum Gasteiger partial charge on any atom is 0.146 e. The molecule has 2 N–H and O–H groups in total. The van der Waals surface area contributed by atoms with Crippen molar-refractivity contribution in [1.29, 1.82) is 0 Å². The molecular weight excluding hydrogens is 468 g/mol. The van der Waals surface area contributed by atoms with Crippen LogP contribution in [0.4, 0.5) is 17.3 Å². The summed E-state index contributed by atoms with van der Waals surface area (Å²) in [7, 11) is 0. The molecule has 9 nitrogen and oxygen atoms in total. The van der Waals surface area contributed by atoms with E-state index in [-0.39, 0.29) is 0 Å². The second-order valence-electron chi connectivity index (χ2n) is 10.6. The van der Waals surface area contributed by atoms with Crippen LogP contribution in [0, 0.1) is 6.92 Å². The highest BCUT2D eigenvalue weighted by Crippen LogP contribution is 2.41. The Morgan fingerprint density at radius 2 is 1.92 bits per heavy atom. The summed E-state index contributed by atoms with van der Waals surface area (Å²) in [5, 5.41) is 13.7. The molecule has 0 amide bonds. The largest absolute Gasteiger partial charge is 0.486 e. The number of nitrogens with zero attached hydrogens (tertiary/aromatic N) is 5. The van der Waals surface area contributed by atoms with Crippen molar-refractivity contribution in [2.75, 3.05) is 62.7 Å². The van der Waals surface area contributed by atoms with Crippen LogP contribution in [0.1, 0.15) is 41.9 Å². The number of hydrogen-bond donors (Lipinski definition) is 2. The van der Waals surface area contributed by atoms with E-state index < -0.39 is 6.23 Å². The minimum Gasteiger partial charge on any atom is -0.486 e. The zero-order valence-electron chi connectivity index (χ0n) is 21.7. The molecule has 9 heteroatoms. The van der Waals surface area contributed by atoms with E-state index in [0.717, 1.165) is 92.7 Å². The fourth-order valence-electron chi connectivity index (χ4n) is 6.34. The summed E-state index contributed by atoms with van der Waals surface area (Å²) in [5.74, 6) is 3.19. The van der Waals surface area contributed by atoms with Gasteiger partial charge < -0.3 is 24.8 Å². The fourth-order valence-corrected chi connectivity index (χ4v) is 6.34. The number of hydrogen-bond acceptors (Lipinski definition) is 9. The summed E-state index contributed by atoms with van der Waals surface area (Å²) in [5.41, 5.74) is 4.52. The standard InChI is InChI=1S/C28H38N6O3/c1-3-25(35)34-9-6-22(16-34)32-7-4-20(5-8-32)21-14-19(2)26-24(15-21)31-27-23(17-37-26)28(30-18-29-27)33-10-12-36-13-11-33/h3,14-15,18,20,22,25,35H,1,4-13,16-17H2,2H3,(H,29,30,31). The van der Waals surface area contributed by atoms with Gasteiger partial charge in [0.2, 0.25) is 0 Å². The maximum absolute atomic E-state index is 10.1. The van der Waals surface area contributed by atoms with Crippen molar-refractivity contribution in [2.24, 2.45) is 0 Å². The van der Waals surface area contributed by atoms with Crippen LogP contribution in [-0.4, -0.2) is 89.6 Å². The molecule has 0 radical (unpaired) electrons. The van der Waals surface area contributed by atoms with Crippen molar-refractivity contribution < 1.29 is 14.6 Å². The highest BCUT2D eigenvalue weighted by molar-refractivity contribution is 5.73. The summed E-state index contributed by atoms with van der Waals surface area (Å²) >= 11 is 0. The van der Waals surface area contributed by atoms with Crippen LogP contribution in [0.3, 0.4) is 0 Å². The molecule has 0 bridgehead atoms. The van der Waals surface area contributed by atoms with E-state index in [2.05, 4.69) is 55.6 Å². The van der Waals surface area contributed by atoms with Gasteiger partial charge in [-0.05, 0) is 68.5 Å². The predicted octanol–water partition coefficient (Wildman–Crippen LogP) is 3.02. The molecule has 4 aliphatic heterocycles. The highest BCUT2D eigenvalue weighted by atomic mass is 16.5. The van der Waals surface area contributed by atoms with Gasteiger partial charge in [-0.2, -0.15) is 0 Å². The number of anilines is 3. The smallest absolute Gasteiger partial charge is 0.146 e. The van der Waals surface area contributed by atoms with Gasteiger partial charge >= 0.3 is 0 Å². The molecule has 3 fully saturated rings. The SMILES string of the molecule is C=CC(O)N1CCC(N2CCC(c3cc(C)c4c(c3)Nc3ncnc(N5CCOCC5)c3CO4)CC2)C1. The van der Waals surface area contributed by atoms with Crippen molar-refractivity contribution in [2.45, 2.75) is 51.0 Å². The monoisotopic (exact) mass is 506 g/mol. The number of rotatable bonds is 5. The number of benzene rings is 1. The molecule has 2 unspecified atom stereocenters. The Morgan fingerprint density at radius 1 is 1.11 bits per heavy atom. The molecular formula is C28H38N6O3. The molecule has 1 aromatic heterocycles. The van der Waals surface area contributed by atoms with Crippen LogP contribution < -0.4 is 15.0 Å². The van der Waals surface area contributed by atoms with Crippen LogP contribution in [0.2, 0.25) is 0 Å². The first-order chi connectivity index (χ1) is 18.1. The van der Waals surface area contributed by atoms with Crippen LogP contribution in [0.25, 0.3) is 0 Å². The summed E-state index contributed by atoms with van der Waals surface area (Å²) in [6, 6.07) is 5.10. The van der Waals surface area contributed by atoms with E-state index in [1.165, 1.54) is 5.56 Å². The van der Waals surface area contributed by atoms with Gasteiger partial charge in [0, 0.05) is 32.2 Å².